The Morgan fingerprint density at radius 3 is 2.58 bits per heavy atom. The fourth-order valence-electron chi connectivity index (χ4n) is 3.53. The van der Waals surface area contributed by atoms with Crippen molar-refractivity contribution in [1.82, 2.24) is 4.57 Å². The Balaban J connectivity index is 2.16. The Morgan fingerprint density at radius 1 is 1.21 bits per heavy atom. The molecule has 1 aromatic heterocycles. The van der Waals surface area contributed by atoms with E-state index in [1.54, 1.807) is 11.5 Å². The SMILES string of the molecule is CCC(=O)Oc1c(CC2CCCC2)n(C(=O)OC)c2ccccc12. The molecule has 0 spiro atoms. The van der Waals surface area contributed by atoms with E-state index < -0.39 is 6.09 Å². The maximum atomic E-state index is 12.4. The number of ether oxygens (including phenoxy) is 2. The molecule has 1 aliphatic rings. The highest BCUT2D eigenvalue weighted by Gasteiger charge is 2.27. The maximum Gasteiger partial charge on any atom is 0.418 e. The fourth-order valence-corrected chi connectivity index (χ4v) is 3.53. The molecule has 1 aromatic carbocycles. The van der Waals surface area contributed by atoms with Crippen molar-refractivity contribution in [3.8, 4) is 5.75 Å². The first-order chi connectivity index (χ1) is 11.7. The minimum absolute atomic E-state index is 0.292. The van der Waals surface area contributed by atoms with Crippen molar-refractivity contribution < 1.29 is 19.1 Å². The van der Waals surface area contributed by atoms with E-state index in [0.29, 0.717) is 18.1 Å². The first-order valence-corrected chi connectivity index (χ1v) is 8.57. The Kier molecular flexibility index (Phi) is 4.88. The number of carbonyl (C=O) groups is 2. The second-order valence-corrected chi connectivity index (χ2v) is 6.28. The van der Waals surface area contributed by atoms with E-state index in [-0.39, 0.29) is 5.97 Å². The van der Waals surface area contributed by atoms with Crippen molar-refractivity contribution in [3.63, 3.8) is 0 Å². The van der Waals surface area contributed by atoms with Gasteiger partial charge in [-0.3, -0.25) is 4.79 Å². The third kappa shape index (κ3) is 3.03. The van der Waals surface area contributed by atoms with Crippen LogP contribution in [0.25, 0.3) is 10.9 Å². The summed E-state index contributed by atoms with van der Waals surface area (Å²) >= 11 is 0. The molecule has 2 aromatic rings. The number of methoxy groups -OCH3 is 1. The Bertz CT molecular complexity index is 756. The molecule has 1 saturated carbocycles. The number of hydrogen-bond acceptors (Lipinski definition) is 4. The molecule has 0 aliphatic heterocycles. The van der Waals surface area contributed by atoms with Gasteiger partial charge in [-0.05, 0) is 24.5 Å². The summed E-state index contributed by atoms with van der Waals surface area (Å²) in [6.45, 7) is 1.76. The zero-order valence-corrected chi connectivity index (χ0v) is 14.2. The Morgan fingerprint density at radius 2 is 1.92 bits per heavy atom. The molecule has 1 aliphatic carbocycles. The van der Waals surface area contributed by atoms with Gasteiger partial charge in [0, 0.05) is 11.8 Å². The summed E-state index contributed by atoms with van der Waals surface area (Å²) in [6.07, 6.45) is 5.28. The van der Waals surface area contributed by atoms with Crippen LogP contribution in [0.3, 0.4) is 0 Å². The minimum Gasteiger partial charge on any atom is -0.452 e. The van der Waals surface area contributed by atoms with Gasteiger partial charge in [-0.15, -0.1) is 0 Å². The van der Waals surface area contributed by atoms with E-state index in [9.17, 15) is 9.59 Å². The van der Waals surface area contributed by atoms with Crippen molar-refractivity contribution in [2.75, 3.05) is 7.11 Å². The van der Waals surface area contributed by atoms with Gasteiger partial charge >= 0.3 is 12.1 Å². The third-order valence-electron chi connectivity index (χ3n) is 4.74. The Labute approximate surface area is 141 Å². The second kappa shape index (κ2) is 7.07. The molecule has 1 heterocycles. The molecule has 3 rings (SSSR count). The first kappa shape index (κ1) is 16.6. The number of para-hydroxylation sites is 1. The molecule has 5 nitrogen and oxygen atoms in total. The fraction of sp³-hybridized carbons (Fsp3) is 0.474. The van der Waals surface area contributed by atoms with Gasteiger partial charge in [0.1, 0.15) is 0 Å². The highest BCUT2D eigenvalue weighted by atomic mass is 16.5. The third-order valence-corrected chi connectivity index (χ3v) is 4.74. The number of benzene rings is 1. The van der Waals surface area contributed by atoms with Gasteiger partial charge in [0.2, 0.25) is 0 Å². The molecule has 0 bridgehead atoms. The maximum absolute atomic E-state index is 12.4. The molecule has 24 heavy (non-hydrogen) atoms. The van der Waals surface area contributed by atoms with Crippen molar-refractivity contribution >= 4 is 23.0 Å². The highest BCUT2D eigenvalue weighted by Crippen LogP contribution is 2.38. The van der Waals surface area contributed by atoms with Gasteiger partial charge in [-0.2, -0.15) is 0 Å². The molecule has 5 heteroatoms. The van der Waals surface area contributed by atoms with Crippen molar-refractivity contribution in [1.29, 1.82) is 0 Å². The topological polar surface area (TPSA) is 57.5 Å². The molecule has 128 valence electrons. The van der Waals surface area contributed by atoms with Crippen LogP contribution in [0.2, 0.25) is 0 Å². The van der Waals surface area contributed by atoms with Crippen molar-refractivity contribution in [2.45, 2.75) is 45.4 Å². The monoisotopic (exact) mass is 329 g/mol. The predicted molar refractivity (Wildman–Crippen MR) is 91.3 cm³/mol. The van der Waals surface area contributed by atoms with E-state index >= 15 is 0 Å². The van der Waals surface area contributed by atoms with Crippen LogP contribution in [0.15, 0.2) is 24.3 Å². The second-order valence-electron chi connectivity index (χ2n) is 6.28. The highest BCUT2D eigenvalue weighted by molar-refractivity contribution is 5.97. The van der Waals surface area contributed by atoms with E-state index in [0.717, 1.165) is 35.9 Å². The molecular weight excluding hydrogens is 306 g/mol. The largest absolute Gasteiger partial charge is 0.452 e. The molecular formula is C19H23NO4. The molecule has 0 radical (unpaired) electrons. The Hall–Kier alpha value is -2.30. The van der Waals surface area contributed by atoms with Crippen LogP contribution >= 0.6 is 0 Å². The van der Waals surface area contributed by atoms with Crippen LogP contribution in [-0.2, 0) is 16.0 Å². The number of rotatable bonds is 4. The van der Waals surface area contributed by atoms with Gasteiger partial charge in [-0.1, -0.05) is 44.7 Å². The summed E-state index contributed by atoms with van der Waals surface area (Å²) in [5, 5.41) is 0.776. The van der Waals surface area contributed by atoms with Crippen LogP contribution in [0, 0.1) is 5.92 Å². The first-order valence-electron chi connectivity index (χ1n) is 8.57. The normalized spacial score (nSPS) is 14.9. The number of aromatic nitrogens is 1. The van der Waals surface area contributed by atoms with E-state index in [2.05, 4.69) is 0 Å². The lowest BCUT2D eigenvalue weighted by molar-refractivity contribution is -0.134. The zero-order valence-electron chi connectivity index (χ0n) is 14.2. The number of nitrogens with zero attached hydrogens (tertiary/aromatic N) is 1. The quantitative estimate of drug-likeness (QED) is 0.785. The van der Waals surface area contributed by atoms with Crippen LogP contribution < -0.4 is 4.74 Å². The van der Waals surface area contributed by atoms with Crippen molar-refractivity contribution in [3.05, 3.63) is 30.0 Å². The zero-order chi connectivity index (χ0) is 17.1. The molecule has 1 fully saturated rings. The van der Waals surface area contributed by atoms with E-state index in [1.165, 1.54) is 20.0 Å². The summed E-state index contributed by atoms with van der Waals surface area (Å²) in [4.78, 5) is 24.3. The molecule has 0 N–H and O–H groups in total. The number of esters is 1. The molecule has 0 atom stereocenters. The minimum atomic E-state index is -0.446. The summed E-state index contributed by atoms with van der Waals surface area (Å²) in [5.41, 5.74) is 1.47. The summed E-state index contributed by atoms with van der Waals surface area (Å²) in [5.74, 6) is 0.724. The molecule has 0 amide bonds. The lowest BCUT2D eigenvalue weighted by atomic mass is 10.0. The van der Waals surface area contributed by atoms with E-state index in [1.807, 2.05) is 24.3 Å². The van der Waals surface area contributed by atoms with Crippen LogP contribution in [0.1, 0.15) is 44.7 Å². The standard InChI is InChI=1S/C19H23NO4/c1-3-17(21)24-18-14-10-6-7-11-15(14)20(19(22)23-2)16(18)12-13-8-4-5-9-13/h6-7,10-11,13H,3-5,8-9,12H2,1-2H3. The van der Waals surface area contributed by atoms with Crippen LogP contribution in [0.4, 0.5) is 4.79 Å². The van der Waals surface area contributed by atoms with Gasteiger partial charge in [0.05, 0.1) is 18.3 Å². The van der Waals surface area contributed by atoms with E-state index in [4.69, 9.17) is 9.47 Å². The number of fused-ring (bicyclic) bond motifs is 1. The average Bonchev–Trinajstić information content (AvgIpc) is 3.21. The summed E-state index contributed by atoms with van der Waals surface area (Å²) in [7, 11) is 1.37. The summed E-state index contributed by atoms with van der Waals surface area (Å²) < 4.78 is 12.2. The van der Waals surface area contributed by atoms with Crippen LogP contribution in [-0.4, -0.2) is 23.7 Å². The lowest BCUT2D eigenvalue weighted by Gasteiger charge is -2.13. The summed E-state index contributed by atoms with van der Waals surface area (Å²) in [6, 6.07) is 7.48. The molecule has 0 unspecified atom stereocenters. The van der Waals surface area contributed by atoms with Gasteiger partial charge in [0.25, 0.3) is 0 Å². The van der Waals surface area contributed by atoms with Crippen molar-refractivity contribution in [2.24, 2.45) is 5.92 Å². The number of carbonyl (C=O) groups excluding carboxylic acids is 2. The van der Waals surface area contributed by atoms with Crippen LogP contribution in [0.5, 0.6) is 5.75 Å². The van der Waals surface area contributed by atoms with Gasteiger partial charge < -0.3 is 9.47 Å². The molecule has 0 saturated heterocycles. The average molecular weight is 329 g/mol. The van der Waals surface area contributed by atoms with Gasteiger partial charge in [-0.25, -0.2) is 9.36 Å². The lowest BCUT2D eigenvalue weighted by Crippen LogP contribution is -2.17. The smallest absolute Gasteiger partial charge is 0.418 e. The number of hydrogen-bond donors (Lipinski definition) is 0. The predicted octanol–water partition coefficient (Wildman–Crippen LogP) is 4.30. The van der Waals surface area contributed by atoms with Gasteiger partial charge in [0.15, 0.2) is 5.75 Å².